The van der Waals surface area contributed by atoms with Crippen molar-refractivity contribution in [2.45, 2.75) is 0 Å². The summed E-state index contributed by atoms with van der Waals surface area (Å²) in [6.45, 7) is 0. The molecule has 1 aromatic rings. The quantitative estimate of drug-likeness (QED) is 0.598. The molecule has 15 heavy (non-hydrogen) atoms. The van der Waals surface area contributed by atoms with Gasteiger partial charge in [-0.1, -0.05) is 0 Å². The molecule has 1 rings (SSSR count). The highest BCUT2D eigenvalue weighted by molar-refractivity contribution is 5.99. The second-order valence-electron chi connectivity index (χ2n) is 2.75. The lowest BCUT2D eigenvalue weighted by molar-refractivity contribution is 0.0598. The first-order valence-corrected chi connectivity index (χ1v) is 4.24. The van der Waals surface area contributed by atoms with Gasteiger partial charge in [-0.2, -0.15) is 0 Å². The van der Waals surface area contributed by atoms with Crippen LogP contribution in [0.3, 0.4) is 0 Å². The van der Waals surface area contributed by atoms with Crippen molar-refractivity contribution in [2.24, 2.45) is 0 Å². The zero-order valence-corrected chi connectivity index (χ0v) is 8.87. The van der Waals surface area contributed by atoms with Crippen LogP contribution in [-0.4, -0.2) is 27.3 Å². The summed E-state index contributed by atoms with van der Waals surface area (Å²) in [7, 11) is 4.20. The van der Waals surface area contributed by atoms with E-state index in [1.807, 2.05) is 0 Å². The van der Waals surface area contributed by atoms with E-state index in [2.05, 4.69) is 4.74 Å². The Bertz CT molecular complexity index is 376. The third-order valence-electron chi connectivity index (χ3n) is 2.00. The van der Waals surface area contributed by atoms with E-state index in [1.165, 1.54) is 21.3 Å². The summed E-state index contributed by atoms with van der Waals surface area (Å²) in [6.07, 6.45) is 0. The Morgan fingerprint density at radius 2 is 1.67 bits per heavy atom. The first kappa shape index (κ1) is 11.2. The van der Waals surface area contributed by atoms with E-state index in [0.717, 1.165) is 0 Å². The molecule has 82 valence electrons. The molecule has 0 fully saturated rings. The summed E-state index contributed by atoms with van der Waals surface area (Å²) >= 11 is 0. The predicted molar refractivity (Wildman–Crippen MR) is 55.3 cm³/mol. The summed E-state index contributed by atoms with van der Waals surface area (Å²) in [5.41, 5.74) is 6.13. The van der Waals surface area contributed by atoms with Crippen molar-refractivity contribution < 1.29 is 19.0 Å². The molecule has 0 bridgehead atoms. The number of benzene rings is 1. The molecule has 0 radical (unpaired) electrons. The highest BCUT2D eigenvalue weighted by Gasteiger charge is 2.19. The second kappa shape index (κ2) is 4.54. The molecule has 0 aromatic heterocycles. The maximum atomic E-state index is 11.4. The summed E-state index contributed by atoms with van der Waals surface area (Å²) in [6, 6.07) is 3.22. The van der Waals surface area contributed by atoms with Crippen molar-refractivity contribution in [3.63, 3.8) is 0 Å². The van der Waals surface area contributed by atoms with Crippen LogP contribution in [0.5, 0.6) is 11.5 Å². The minimum atomic E-state index is -0.553. The van der Waals surface area contributed by atoms with Gasteiger partial charge in [0.2, 0.25) is 0 Å². The van der Waals surface area contributed by atoms with E-state index < -0.39 is 5.97 Å². The first-order chi connectivity index (χ1) is 7.15. The van der Waals surface area contributed by atoms with Gasteiger partial charge in [0.05, 0.1) is 27.0 Å². The molecular formula is C10H13NO4. The summed E-state index contributed by atoms with van der Waals surface area (Å²) in [5, 5.41) is 0. The van der Waals surface area contributed by atoms with Gasteiger partial charge >= 0.3 is 5.97 Å². The summed E-state index contributed by atoms with van der Waals surface area (Å²) in [5.74, 6) is 0.222. The van der Waals surface area contributed by atoms with Crippen LogP contribution in [0, 0.1) is 0 Å². The number of nitrogen functional groups attached to an aromatic ring is 1. The first-order valence-electron chi connectivity index (χ1n) is 4.24. The van der Waals surface area contributed by atoms with E-state index in [4.69, 9.17) is 15.2 Å². The average Bonchev–Trinajstić information content (AvgIpc) is 2.27. The smallest absolute Gasteiger partial charge is 0.343 e. The molecule has 0 aliphatic rings. The molecule has 5 heteroatoms. The monoisotopic (exact) mass is 211 g/mol. The number of carbonyl (C=O) groups excluding carboxylic acids is 1. The van der Waals surface area contributed by atoms with Crippen LogP contribution in [0.15, 0.2) is 12.1 Å². The van der Waals surface area contributed by atoms with Crippen molar-refractivity contribution in [3.05, 3.63) is 17.7 Å². The van der Waals surface area contributed by atoms with Gasteiger partial charge < -0.3 is 19.9 Å². The Balaban J connectivity index is 3.35. The lowest BCUT2D eigenvalue weighted by atomic mass is 10.1. The lowest BCUT2D eigenvalue weighted by Gasteiger charge is -2.12. The second-order valence-corrected chi connectivity index (χ2v) is 2.75. The number of esters is 1. The lowest BCUT2D eigenvalue weighted by Crippen LogP contribution is -2.09. The van der Waals surface area contributed by atoms with Gasteiger partial charge in [-0.05, 0) is 12.1 Å². The van der Waals surface area contributed by atoms with E-state index in [-0.39, 0.29) is 11.3 Å². The van der Waals surface area contributed by atoms with Gasteiger partial charge in [0.1, 0.15) is 17.1 Å². The topological polar surface area (TPSA) is 70.8 Å². The minimum absolute atomic E-state index is 0.180. The molecule has 0 saturated carbocycles. The Morgan fingerprint density at radius 1 is 1.13 bits per heavy atom. The van der Waals surface area contributed by atoms with Crippen LogP contribution in [0.2, 0.25) is 0 Å². The normalized spacial score (nSPS) is 9.53. The van der Waals surface area contributed by atoms with Gasteiger partial charge in [0.15, 0.2) is 0 Å². The molecule has 0 atom stereocenters. The number of anilines is 1. The predicted octanol–water partition coefficient (Wildman–Crippen LogP) is 1.07. The van der Waals surface area contributed by atoms with Crippen LogP contribution in [0.4, 0.5) is 5.69 Å². The van der Waals surface area contributed by atoms with Gasteiger partial charge in [0.25, 0.3) is 0 Å². The highest BCUT2D eigenvalue weighted by atomic mass is 16.5. The van der Waals surface area contributed by atoms with E-state index in [1.54, 1.807) is 12.1 Å². The maximum absolute atomic E-state index is 11.4. The number of carbonyl (C=O) groups is 1. The van der Waals surface area contributed by atoms with Crippen LogP contribution < -0.4 is 15.2 Å². The molecule has 0 saturated heterocycles. The number of ether oxygens (including phenoxy) is 3. The number of methoxy groups -OCH3 is 3. The molecule has 0 aliphatic carbocycles. The summed E-state index contributed by atoms with van der Waals surface area (Å²) in [4.78, 5) is 11.4. The largest absolute Gasteiger partial charge is 0.496 e. The zero-order valence-electron chi connectivity index (χ0n) is 8.87. The standard InChI is InChI=1S/C10H13NO4/c1-13-6-4-5-7(14-2)9(11)8(6)10(12)15-3/h4-5H,11H2,1-3H3. The van der Waals surface area contributed by atoms with Gasteiger partial charge in [-0.15, -0.1) is 0 Å². The number of hydrogen-bond donors (Lipinski definition) is 1. The molecule has 0 spiro atoms. The van der Waals surface area contributed by atoms with Crippen molar-refractivity contribution in [3.8, 4) is 11.5 Å². The Hall–Kier alpha value is -1.91. The maximum Gasteiger partial charge on any atom is 0.343 e. The number of hydrogen-bond acceptors (Lipinski definition) is 5. The number of nitrogens with two attached hydrogens (primary N) is 1. The Morgan fingerprint density at radius 3 is 2.13 bits per heavy atom. The van der Waals surface area contributed by atoms with E-state index in [9.17, 15) is 4.79 Å². The van der Waals surface area contributed by atoms with Gasteiger partial charge in [0, 0.05) is 0 Å². The fourth-order valence-corrected chi connectivity index (χ4v) is 1.24. The van der Waals surface area contributed by atoms with Crippen LogP contribution >= 0.6 is 0 Å². The summed E-state index contributed by atoms with van der Waals surface area (Å²) < 4.78 is 14.6. The van der Waals surface area contributed by atoms with Crippen molar-refractivity contribution in [2.75, 3.05) is 27.1 Å². The Labute approximate surface area is 87.7 Å². The molecule has 0 unspecified atom stereocenters. The highest BCUT2D eigenvalue weighted by Crippen LogP contribution is 2.33. The van der Waals surface area contributed by atoms with Crippen molar-refractivity contribution in [1.82, 2.24) is 0 Å². The third-order valence-corrected chi connectivity index (χ3v) is 2.00. The fraction of sp³-hybridized carbons (Fsp3) is 0.300. The van der Waals surface area contributed by atoms with Crippen molar-refractivity contribution in [1.29, 1.82) is 0 Å². The molecular weight excluding hydrogens is 198 g/mol. The van der Waals surface area contributed by atoms with Crippen LogP contribution in [0.1, 0.15) is 10.4 Å². The fourth-order valence-electron chi connectivity index (χ4n) is 1.24. The van der Waals surface area contributed by atoms with Crippen molar-refractivity contribution >= 4 is 11.7 Å². The van der Waals surface area contributed by atoms with Crippen LogP contribution in [0.25, 0.3) is 0 Å². The van der Waals surface area contributed by atoms with Gasteiger partial charge in [-0.3, -0.25) is 0 Å². The molecule has 2 N–H and O–H groups in total. The third kappa shape index (κ3) is 1.96. The zero-order chi connectivity index (χ0) is 11.4. The SMILES string of the molecule is COC(=O)c1c(OC)ccc(OC)c1N. The van der Waals surface area contributed by atoms with Crippen LogP contribution in [-0.2, 0) is 4.74 Å². The molecule has 0 aliphatic heterocycles. The molecule has 1 aromatic carbocycles. The minimum Gasteiger partial charge on any atom is -0.496 e. The molecule has 5 nitrogen and oxygen atoms in total. The average molecular weight is 211 g/mol. The molecule has 0 amide bonds. The Kier molecular flexibility index (Phi) is 3.38. The molecule has 0 heterocycles. The van der Waals surface area contributed by atoms with E-state index >= 15 is 0 Å². The van der Waals surface area contributed by atoms with Gasteiger partial charge in [-0.25, -0.2) is 4.79 Å². The van der Waals surface area contributed by atoms with E-state index in [0.29, 0.717) is 11.5 Å². The number of rotatable bonds is 3.